The number of aromatic amines is 1. The molecule has 1 aliphatic rings. The van der Waals surface area contributed by atoms with Crippen molar-refractivity contribution in [3.8, 4) is 0 Å². The van der Waals surface area contributed by atoms with E-state index in [2.05, 4.69) is 55.1 Å². The maximum atomic E-state index is 4.52. The van der Waals surface area contributed by atoms with Crippen LogP contribution < -0.4 is 10.6 Å². The van der Waals surface area contributed by atoms with Crippen LogP contribution in [0, 0.1) is 0 Å². The van der Waals surface area contributed by atoms with Gasteiger partial charge in [-0.25, -0.2) is 0 Å². The Kier molecular flexibility index (Phi) is 2.73. The third-order valence-corrected chi connectivity index (χ3v) is 3.93. The van der Waals surface area contributed by atoms with Gasteiger partial charge in [0, 0.05) is 13.1 Å². The van der Waals surface area contributed by atoms with E-state index in [1.807, 2.05) is 7.05 Å². The molecule has 0 amide bonds. The molecule has 4 rings (SSSR count). The van der Waals surface area contributed by atoms with Crippen molar-refractivity contribution in [1.29, 1.82) is 0 Å². The molecule has 21 heavy (non-hydrogen) atoms. The molecule has 0 unspecified atom stereocenters. The molecule has 2 aromatic heterocycles. The first-order valence-electron chi connectivity index (χ1n) is 7.05. The smallest absolute Gasteiger partial charge is 0.226 e. The summed E-state index contributed by atoms with van der Waals surface area (Å²) in [5.41, 5.74) is 3.58. The van der Waals surface area contributed by atoms with Crippen LogP contribution in [0.3, 0.4) is 0 Å². The number of nitrogens with one attached hydrogen (secondary N) is 3. The average Bonchev–Trinajstić information content (AvgIpc) is 3.12. The fraction of sp³-hybridized carbons (Fsp3) is 0.267. The molecule has 6 nitrogen and oxygen atoms in total. The van der Waals surface area contributed by atoms with E-state index in [-0.39, 0.29) is 0 Å². The van der Waals surface area contributed by atoms with Gasteiger partial charge in [0.1, 0.15) is 5.82 Å². The minimum atomic E-state index is 0.361. The molecule has 6 heteroatoms. The SMILES string of the molecule is CNc1nc(NC2Cc3ccccc3C2)c2cn[nH]c2n1. The summed E-state index contributed by atoms with van der Waals surface area (Å²) in [6, 6.07) is 8.95. The van der Waals surface area contributed by atoms with Crippen molar-refractivity contribution >= 4 is 22.8 Å². The zero-order valence-corrected chi connectivity index (χ0v) is 11.7. The van der Waals surface area contributed by atoms with E-state index in [0.717, 1.165) is 29.7 Å². The van der Waals surface area contributed by atoms with Crippen LogP contribution in [0.15, 0.2) is 30.5 Å². The molecule has 0 spiro atoms. The van der Waals surface area contributed by atoms with Gasteiger partial charge in [0.15, 0.2) is 5.65 Å². The van der Waals surface area contributed by atoms with Crippen molar-refractivity contribution < 1.29 is 0 Å². The molecule has 1 aliphatic carbocycles. The van der Waals surface area contributed by atoms with Gasteiger partial charge in [-0.1, -0.05) is 24.3 Å². The van der Waals surface area contributed by atoms with E-state index in [9.17, 15) is 0 Å². The summed E-state index contributed by atoms with van der Waals surface area (Å²) in [5.74, 6) is 1.42. The molecule has 0 saturated carbocycles. The lowest BCUT2D eigenvalue weighted by atomic mass is 10.1. The molecule has 0 atom stereocenters. The fourth-order valence-electron chi connectivity index (χ4n) is 2.91. The van der Waals surface area contributed by atoms with Crippen molar-refractivity contribution in [2.24, 2.45) is 0 Å². The van der Waals surface area contributed by atoms with Gasteiger partial charge in [-0.3, -0.25) is 5.10 Å². The van der Waals surface area contributed by atoms with Gasteiger partial charge in [-0.15, -0.1) is 0 Å². The second kappa shape index (κ2) is 4.73. The van der Waals surface area contributed by atoms with E-state index in [4.69, 9.17) is 0 Å². The topological polar surface area (TPSA) is 78.5 Å². The monoisotopic (exact) mass is 280 g/mol. The average molecular weight is 280 g/mol. The third kappa shape index (κ3) is 2.08. The molecule has 3 N–H and O–H groups in total. The van der Waals surface area contributed by atoms with Crippen LogP contribution >= 0.6 is 0 Å². The molecule has 0 fully saturated rings. The highest BCUT2D eigenvalue weighted by Crippen LogP contribution is 2.26. The summed E-state index contributed by atoms with van der Waals surface area (Å²) in [5, 5.41) is 14.4. The number of nitrogens with zero attached hydrogens (tertiary/aromatic N) is 3. The predicted octanol–water partition coefficient (Wildman–Crippen LogP) is 1.97. The van der Waals surface area contributed by atoms with E-state index < -0.39 is 0 Å². The number of aromatic nitrogens is 4. The molecule has 1 aromatic carbocycles. The first-order chi connectivity index (χ1) is 10.3. The van der Waals surface area contributed by atoms with Crippen molar-refractivity contribution in [3.63, 3.8) is 0 Å². The van der Waals surface area contributed by atoms with Gasteiger partial charge in [0.05, 0.1) is 11.6 Å². The second-order valence-electron chi connectivity index (χ2n) is 5.30. The Morgan fingerprint density at radius 3 is 2.62 bits per heavy atom. The number of H-pyrrole nitrogens is 1. The number of hydrogen-bond donors (Lipinski definition) is 3. The molecule has 3 aromatic rings. The molecule has 0 bridgehead atoms. The van der Waals surface area contributed by atoms with E-state index in [1.54, 1.807) is 6.20 Å². The Labute approximate surface area is 122 Å². The highest BCUT2D eigenvalue weighted by atomic mass is 15.2. The van der Waals surface area contributed by atoms with Crippen molar-refractivity contribution in [3.05, 3.63) is 41.6 Å². The highest BCUT2D eigenvalue weighted by Gasteiger charge is 2.22. The summed E-state index contributed by atoms with van der Waals surface area (Å²) < 4.78 is 0. The zero-order valence-electron chi connectivity index (χ0n) is 11.7. The standard InChI is InChI=1S/C15H16N6/c1-16-15-19-13(12-8-17-21-14(12)20-15)18-11-6-9-4-2-3-5-10(9)7-11/h2-5,8,11H,6-7H2,1H3,(H3,16,17,18,19,20,21). The first-order valence-corrected chi connectivity index (χ1v) is 7.05. The lowest BCUT2D eigenvalue weighted by Gasteiger charge is -2.14. The maximum Gasteiger partial charge on any atom is 0.226 e. The van der Waals surface area contributed by atoms with Crippen LogP contribution in [0.5, 0.6) is 0 Å². The molecular weight excluding hydrogens is 264 g/mol. The van der Waals surface area contributed by atoms with Crippen LogP contribution in [0.25, 0.3) is 11.0 Å². The van der Waals surface area contributed by atoms with Crippen molar-refractivity contribution in [2.75, 3.05) is 17.7 Å². The van der Waals surface area contributed by atoms with Gasteiger partial charge < -0.3 is 10.6 Å². The number of fused-ring (bicyclic) bond motifs is 2. The Bertz CT molecular complexity index is 769. The number of rotatable bonds is 3. The maximum absolute atomic E-state index is 4.52. The number of benzene rings is 1. The molecule has 0 aliphatic heterocycles. The van der Waals surface area contributed by atoms with E-state index >= 15 is 0 Å². The van der Waals surface area contributed by atoms with Crippen molar-refractivity contribution in [1.82, 2.24) is 20.2 Å². The van der Waals surface area contributed by atoms with Crippen LogP contribution in [0.4, 0.5) is 11.8 Å². The first kappa shape index (κ1) is 12.1. The second-order valence-corrected chi connectivity index (χ2v) is 5.30. The predicted molar refractivity (Wildman–Crippen MR) is 82.5 cm³/mol. The quantitative estimate of drug-likeness (QED) is 0.683. The lowest BCUT2D eigenvalue weighted by molar-refractivity contribution is 0.770. The van der Waals surface area contributed by atoms with Crippen LogP contribution in [0.2, 0.25) is 0 Å². The normalized spacial score (nSPS) is 14.3. The largest absolute Gasteiger partial charge is 0.366 e. The summed E-state index contributed by atoms with van der Waals surface area (Å²) in [4.78, 5) is 8.87. The molecule has 2 heterocycles. The molecule has 0 radical (unpaired) electrons. The minimum absolute atomic E-state index is 0.361. The van der Waals surface area contributed by atoms with Crippen LogP contribution in [-0.4, -0.2) is 33.3 Å². The Morgan fingerprint density at radius 1 is 1.14 bits per heavy atom. The minimum Gasteiger partial charge on any atom is -0.366 e. The van der Waals surface area contributed by atoms with Gasteiger partial charge in [0.25, 0.3) is 0 Å². The Morgan fingerprint density at radius 2 is 1.90 bits per heavy atom. The summed E-state index contributed by atoms with van der Waals surface area (Å²) in [6.07, 6.45) is 3.81. The number of hydrogen-bond acceptors (Lipinski definition) is 5. The van der Waals surface area contributed by atoms with Gasteiger partial charge in [-0.05, 0) is 24.0 Å². The summed E-state index contributed by atoms with van der Waals surface area (Å²) >= 11 is 0. The summed E-state index contributed by atoms with van der Waals surface area (Å²) in [7, 11) is 1.81. The fourth-order valence-corrected chi connectivity index (χ4v) is 2.91. The summed E-state index contributed by atoms with van der Waals surface area (Å²) in [6.45, 7) is 0. The molecular formula is C15H16N6. The molecule has 0 saturated heterocycles. The lowest BCUT2D eigenvalue weighted by Crippen LogP contribution is -2.20. The van der Waals surface area contributed by atoms with Gasteiger partial charge in [0.2, 0.25) is 5.95 Å². The third-order valence-electron chi connectivity index (χ3n) is 3.93. The Hall–Kier alpha value is -2.63. The van der Waals surface area contributed by atoms with E-state index in [1.165, 1.54) is 11.1 Å². The van der Waals surface area contributed by atoms with Crippen LogP contribution in [0.1, 0.15) is 11.1 Å². The zero-order chi connectivity index (χ0) is 14.2. The Balaban J connectivity index is 1.65. The van der Waals surface area contributed by atoms with E-state index in [0.29, 0.717) is 12.0 Å². The highest BCUT2D eigenvalue weighted by molar-refractivity contribution is 5.87. The number of anilines is 2. The van der Waals surface area contributed by atoms with Crippen molar-refractivity contribution in [2.45, 2.75) is 18.9 Å². The van der Waals surface area contributed by atoms with Gasteiger partial charge in [-0.2, -0.15) is 15.1 Å². The van der Waals surface area contributed by atoms with Gasteiger partial charge >= 0.3 is 0 Å². The molecule has 106 valence electrons. The van der Waals surface area contributed by atoms with Crippen LogP contribution in [-0.2, 0) is 12.8 Å².